The van der Waals surface area contributed by atoms with E-state index in [0.29, 0.717) is 20.3 Å². The number of alkyl halides is 3. The smallest absolute Gasteiger partial charge is 0.421 e. The number of carboxylic acid groups (broad SMARTS) is 1. The molecule has 0 fully saturated rings. The summed E-state index contributed by atoms with van der Waals surface area (Å²) in [6, 6.07) is 4.96. The van der Waals surface area contributed by atoms with Crippen molar-refractivity contribution in [3.05, 3.63) is 59.7 Å². The van der Waals surface area contributed by atoms with E-state index in [1.165, 1.54) is 52.1 Å². The van der Waals surface area contributed by atoms with Crippen LogP contribution in [0.1, 0.15) is 42.4 Å². The fourth-order valence-electron chi connectivity index (χ4n) is 3.68. The van der Waals surface area contributed by atoms with Gasteiger partial charge in [-0.1, -0.05) is 0 Å². The van der Waals surface area contributed by atoms with Gasteiger partial charge < -0.3 is 15.2 Å². The molecule has 0 atom stereocenters. The number of nitrogens with one attached hydrogen (secondary N) is 1. The van der Waals surface area contributed by atoms with Crippen molar-refractivity contribution in [3.8, 4) is 0 Å². The highest BCUT2D eigenvalue weighted by Gasteiger charge is 2.40. The van der Waals surface area contributed by atoms with Gasteiger partial charge in [0.15, 0.2) is 11.6 Å². The second-order valence-electron chi connectivity index (χ2n) is 10.3. The number of carbonyl (C=O) groups excluding carboxylic acids is 2. The number of sulfonamides is 1. The highest BCUT2D eigenvalue weighted by molar-refractivity contribution is 7.92. The average molecular weight is 655 g/mol. The maximum Gasteiger partial charge on any atom is 0.421 e. The molecule has 0 spiro atoms. The Hall–Kier alpha value is -5.07. The lowest BCUT2D eigenvalue weighted by atomic mass is 10.2. The van der Waals surface area contributed by atoms with Crippen molar-refractivity contribution >= 4 is 51.4 Å². The summed E-state index contributed by atoms with van der Waals surface area (Å²) < 4.78 is 73.6. The minimum Gasteiger partial charge on any atom is -0.464 e. The molecule has 3 rings (SSSR count). The normalized spacial score (nSPS) is 11.8. The number of amides is 3. The van der Waals surface area contributed by atoms with E-state index in [1.807, 2.05) is 0 Å². The van der Waals surface area contributed by atoms with Gasteiger partial charge in [0, 0.05) is 38.2 Å². The number of nitrogens with zero attached hydrogens (tertiary/aromatic N) is 7. The summed E-state index contributed by atoms with van der Waals surface area (Å²) in [6.07, 6.45) is -4.79. The van der Waals surface area contributed by atoms with Crippen molar-refractivity contribution < 1.29 is 45.8 Å². The van der Waals surface area contributed by atoms with E-state index in [1.54, 1.807) is 0 Å². The Morgan fingerprint density at radius 3 is 2.11 bits per heavy atom. The molecule has 0 aliphatic heterocycles. The highest BCUT2D eigenvalue weighted by Crippen LogP contribution is 2.38. The van der Waals surface area contributed by atoms with Gasteiger partial charge in [-0.25, -0.2) is 32.9 Å². The van der Waals surface area contributed by atoms with E-state index in [-0.39, 0.29) is 22.8 Å². The number of aromatic nitrogens is 4. The largest absolute Gasteiger partial charge is 0.464 e. The Bertz CT molecular complexity index is 1700. The van der Waals surface area contributed by atoms with Gasteiger partial charge in [-0.3, -0.25) is 19.0 Å². The van der Waals surface area contributed by atoms with Crippen molar-refractivity contribution in [3.63, 3.8) is 0 Å². The van der Waals surface area contributed by atoms with Crippen LogP contribution >= 0.6 is 0 Å². The average Bonchev–Trinajstić information content (AvgIpc) is 2.93. The zero-order valence-corrected chi connectivity index (χ0v) is 25.6. The molecule has 1 aromatic carbocycles. The third-order valence-corrected chi connectivity index (χ3v) is 6.96. The molecule has 3 aromatic rings. The number of carbonyl (C=O) groups is 3. The molecule has 0 aliphatic carbocycles. The Labute approximate surface area is 255 Å². The summed E-state index contributed by atoms with van der Waals surface area (Å²) in [4.78, 5) is 54.1. The van der Waals surface area contributed by atoms with Crippen LogP contribution in [-0.2, 0) is 27.5 Å². The molecule has 242 valence electrons. The predicted octanol–water partition coefficient (Wildman–Crippen LogP) is 3.80. The minimum atomic E-state index is -5.16. The lowest BCUT2D eigenvalue weighted by molar-refractivity contribution is -0.137. The van der Waals surface area contributed by atoms with Crippen molar-refractivity contribution in [1.29, 1.82) is 0 Å². The summed E-state index contributed by atoms with van der Waals surface area (Å²) in [6.45, 7) is 3.53. The monoisotopic (exact) mass is 654 g/mol. The third-order valence-electron chi connectivity index (χ3n) is 5.79. The van der Waals surface area contributed by atoms with Crippen molar-refractivity contribution in [1.82, 2.24) is 25.3 Å². The van der Waals surface area contributed by atoms with E-state index in [9.17, 15) is 41.1 Å². The molecule has 0 saturated carbocycles. The topological polar surface area (TPSA) is 188 Å². The maximum absolute atomic E-state index is 14.3. The quantitative estimate of drug-likeness (QED) is 0.360. The fourth-order valence-corrected chi connectivity index (χ4v) is 4.15. The number of hydrogen-bond acceptors (Lipinski definition) is 10. The summed E-state index contributed by atoms with van der Waals surface area (Å²) in [5.41, 5.74) is -3.01. The number of anilines is 4. The number of hydrogen-bond donors (Lipinski definition) is 2. The molecule has 2 N–H and O–H groups in total. The van der Waals surface area contributed by atoms with E-state index in [4.69, 9.17) is 4.74 Å². The molecule has 0 saturated heterocycles. The SMILES string of the molecule is CNC(=O)c1ccc(N(C(=O)O)c2ncc(C(F)(F)F)c(N(Cc3nccnc3N(C)S(C)(=O)=O)C(=O)OC(C)(C)C)n2)cc1. The molecule has 0 bridgehead atoms. The summed E-state index contributed by atoms with van der Waals surface area (Å²) in [7, 11) is -1.42. The molecule has 2 heterocycles. The Morgan fingerprint density at radius 1 is 1.00 bits per heavy atom. The molecule has 0 unspecified atom stereocenters. The van der Waals surface area contributed by atoms with Crippen LogP contribution in [0.15, 0.2) is 42.9 Å². The van der Waals surface area contributed by atoms with Crippen LogP contribution in [0.4, 0.5) is 46.0 Å². The van der Waals surface area contributed by atoms with Crippen molar-refractivity contribution in [2.75, 3.05) is 34.5 Å². The molecule has 3 amide bonds. The second kappa shape index (κ2) is 12.9. The third kappa shape index (κ3) is 8.31. The van der Waals surface area contributed by atoms with Crippen LogP contribution in [0, 0.1) is 0 Å². The number of rotatable bonds is 8. The van der Waals surface area contributed by atoms with E-state index >= 15 is 0 Å². The molecular formula is C26H29F3N8O7S. The van der Waals surface area contributed by atoms with Crippen molar-refractivity contribution in [2.45, 2.75) is 39.1 Å². The lowest BCUT2D eigenvalue weighted by Crippen LogP contribution is -2.39. The Balaban J connectivity index is 2.28. The predicted molar refractivity (Wildman–Crippen MR) is 155 cm³/mol. The van der Waals surface area contributed by atoms with Crippen molar-refractivity contribution in [2.24, 2.45) is 0 Å². The van der Waals surface area contributed by atoms with E-state index in [2.05, 4.69) is 25.3 Å². The van der Waals surface area contributed by atoms with Crippen LogP contribution in [0.3, 0.4) is 0 Å². The molecule has 2 aromatic heterocycles. The molecule has 15 nitrogen and oxygen atoms in total. The van der Waals surface area contributed by atoms with Gasteiger partial charge in [-0.2, -0.15) is 18.2 Å². The van der Waals surface area contributed by atoms with Crippen LogP contribution in [-0.4, -0.2) is 77.5 Å². The molecule has 0 aliphatic rings. The maximum atomic E-state index is 14.3. The zero-order chi connectivity index (χ0) is 33.9. The lowest BCUT2D eigenvalue weighted by Gasteiger charge is -2.29. The standard InChI is InChI=1S/C26H29F3N8O7S/c1-25(2,3)44-24(41)36(14-18-20(32-12-11-31-18)35(5)45(6,42)43)19-17(26(27,28)29)13-33-22(34-19)37(23(39)40)16-9-7-15(8-10-16)21(38)30-4/h7-13H,14H2,1-6H3,(H,30,38)(H,39,40). The molecular weight excluding hydrogens is 625 g/mol. The van der Waals surface area contributed by atoms with Gasteiger partial charge in [0.05, 0.1) is 18.5 Å². The number of ether oxygens (including phenoxy) is 1. The first-order valence-electron chi connectivity index (χ1n) is 12.8. The van der Waals surface area contributed by atoms with Crippen LogP contribution < -0.4 is 19.4 Å². The van der Waals surface area contributed by atoms with Gasteiger partial charge in [-0.05, 0) is 45.0 Å². The van der Waals surface area contributed by atoms with Gasteiger partial charge in [0.2, 0.25) is 16.0 Å². The van der Waals surface area contributed by atoms with Crippen LogP contribution in [0.2, 0.25) is 0 Å². The molecule has 45 heavy (non-hydrogen) atoms. The van der Waals surface area contributed by atoms with Gasteiger partial charge in [0.25, 0.3) is 5.91 Å². The van der Waals surface area contributed by atoms with E-state index < -0.39 is 63.8 Å². The highest BCUT2D eigenvalue weighted by atomic mass is 32.2. The Morgan fingerprint density at radius 2 is 1.60 bits per heavy atom. The molecule has 19 heteroatoms. The van der Waals surface area contributed by atoms with Crippen LogP contribution in [0.5, 0.6) is 0 Å². The number of benzene rings is 1. The van der Waals surface area contributed by atoms with Gasteiger partial charge in [-0.15, -0.1) is 0 Å². The first kappa shape index (κ1) is 34.4. The first-order valence-corrected chi connectivity index (χ1v) is 14.6. The summed E-state index contributed by atoms with van der Waals surface area (Å²) in [5.74, 6) is -2.69. The summed E-state index contributed by atoms with van der Waals surface area (Å²) >= 11 is 0. The van der Waals surface area contributed by atoms with Gasteiger partial charge in [0.1, 0.15) is 16.9 Å². The second-order valence-corrected chi connectivity index (χ2v) is 12.3. The zero-order valence-electron chi connectivity index (χ0n) is 24.8. The van der Waals surface area contributed by atoms with E-state index in [0.717, 1.165) is 25.7 Å². The fraction of sp³-hybridized carbons (Fsp3) is 0.346. The van der Waals surface area contributed by atoms with Gasteiger partial charge >= 0.3 is 18.4 Å². The Kier molecular flexibility index (Phi) is 9.86. The minimum absolute atomic E-state index is 0.143. The molecule has 0 radical (unpaired) electrons. The first-order chi connectivity index (χ1) is 20.7. The van der Waals surface area contributed by atoms with Crippen LogP contribution in [0.25, 0.3) is 0 Å². The summed E-state index contributed by atoms with van der Waals surface area (Å²) in [5, 5.41) is 12.4. The number of halogens is 3.